The molecule has 0 saturated heterocycles. The number of hydrogen-bond acceptors (Lipinski definition) is 3. The van der Waals surface area contributed by atoms with Crippen LogP contribution in [0.5, 0.6) is 0 Å². The number of carboxylic acids is 1. The van der Waals surface area contributed by atoms with E-state index in [9.17, 15) is 4.79 Å². The Kier molecular flexibility index (Phi) is 2.57. The van der Waals surface area contributed by atoms with Crippen molar-refractivity contribution in [2.45, 2.75) is 13.0 Å². The van der Waals surface area contributed by atoms with Crippen LogP contribution in [-0.4, -0.2) is 22.2 Å². The molecule has 0 aromatic rings. The molecule has 0 aliphatic heterocycles. The summed E-state index contributed by atoms with van der Waals surface area (Å²) in [6, 6.07) is -0.789. The predicted molar refractivity (Wildman–Crippen MR) is 32.0 cm³/mol. The van der Waals surface area contributed by atoms with Crippen LogP contribution in [0.3, 0.4) is 0 Å². The predicted octanol–water partition coefficient (Wildman–Crippen LogP) is 0.0783. The van der Waals surface area contributed by atoms with Gasteiger partial charge in [0.15, 0.2) is 5.88 Å². The van der Waals surface area contributed by atoms with E-state index in [1.165, 1.54) is 6.92 Å². The van der Waals surface area contributed by atoms with Gasteiger partial charge in [0.2, 0.25) is 0 Å². The smallest absolute Gasteiger partial charge is 0.325 e. The summed E-state index contributed by atoms with van der Waals surface area (Å²) >= 11 is 0. The van der Waals surface area contributed by atoms with Crippen molar-refractivity contribution in [2.75, 3.05) is 0 Å². The highest BCUT2D eigenvalue weighted by molar-refractivity contribution is 5.73. The quantitative estimate of drug-likeness (QED) is 0.474. The lowest BCUT2D eigenvalue weighted by Crippen LogP contribution is -2.32. The lowest BCUT2D eigenvalue weighted by Gasteiger charge is -2.06. The molecule has 0 amide bonds. The number of aliphatic carboxylic acids is 1. The Morgan fingerprint density at radius 1 is 1.67 bits per heavy atom. The molecule has 0 heterocycles. The molecule has 52 valence electrons. The highest BCUT2D eigenvalue weighted by Gasteiger charge is 2.08. The first-order chi connectivity index (χ1) is 4.04. The average Bonchev–Trinajstić information content (AvgIpc) is 1.63. The minimum Gasteiger partial charge on any atom is -0.495 e. The zero-order chi connectivity index (χ0) is 7.44. The lowest BCUT2D eigenvalue weighted by atomic mass is 10.3. The monoisotopic (exact) mass is 131 g/mol. The zero-order valence-electron chi connectivity index (χ0n) is 5.09. The molecule has 9 heavy (non-hydrogen) atoms. The summed E-state index contributed by atoms with van der Waals surface area (Å²) in [6.07, 6.45) is 0. The van der Waals surface area contributed by atoms with Gasteiger partial charge < -0.3 is 15.5 Å². The number of carboxylic acid groups (broad SMARTS) is 1. The van der Waals surface area contributed by atoms with Gasteiger partial charge in [-0.3, -0.25) is 4.79 Å². The molecular weight excluding hydrogens is 122 g/mol. The van der Waals surface area contributed by atoms with Gasteiger partial charge in [0.05, 0.1) is 0 Å². The topological polar surface area (TPSA) is 69.6 Å². The molecule has 3 N–H and O–H groups in total. The minimum atomic E-state index is -1.02. The second-order valence-corrected chi connectivity index (χ2v) is 1.65. The Balaban J connectivity index is 3.63. The third-order valence-corrected chi connectivity index (χ3v) is 0.754. The largest absolute Gasteiger partial charge is 0.495 e. The SMILES string of the molecule is C=C(O)N[C@@H](C)C(=O)O. The first-order valence-corrected chi connectivity index (χ1v) is 2.41. The molecule has 4 heteroatoms. The highest BCUT2D eigenvalue weighted by Crippen LogP contribution is 1.83. The summed E-state index contributed by atoms with van der Waals surface area (Å²) in [6.45, 7) is 4.47. The van der Waals surface area contributed by atoms with Gasteiger partial charge in [-0.2, -0.15) is 0 Å². The maximum atomic E-state index is 10.0. The number of hydrogen-bond donors (Lipinski definition) is 3. The number of nitrogens with one attached hydrogen (secondary N) is 1. The van der Waals surface area contributed by atoms with Crippen molar-refractivity contribution in [2.24, 2.45) is 0 Å². The van der Waals surface area contributed by atoms with E-state index >= 15 is 0 Å². The summed E-state index contributed by atoms with van der Waals surface area (Å²) in [5.74, 6) is -1.35. The van der Waals surface area contributed by atoms with Crippen molar-refractivity contribution < 1.29 is 15.0 Å². The second kappa shape index (κ2) is 2.96. The summed E-state index contributed by atoms with van der Waals surface area (Å²) in [5, 5.41) is 18.8. The van der Waals surface area contributed by atoms with Crippen molar-refractivity contribution in [3.05, 3.63) is 12.5 Å². The molecule has 0 unspecified atom stereocenters. The molecule has 0 aliphatic rings. The van der Waals surface area contributed by atoms with E-state index in [1.807, 2.05) is 0 Å². The first-order valence-electron chi connectivity index (χ1n) is 2.41. The van der Waals surface area contributed by atoms with Crippen LogP contribution < -0.4 is 5.32 Å². The number of aliphatic hydroxyl groups excluding tert-OH is 1. The lowest BCUT2D eigenvalue weighted by molar-refractivity contribution is -0.139. The van der Waals surface area contributed by atoms with Gasteiger partial charge in [-0.05, 0) is 13.5 Å². The van der Waals surface area contributed by atoms with E-state index in [0.717, 1.165) is 0 Å². The van der Waals surface area contributed by atoms with Gasteiger partial charge in [0.1, 0.15) is 6.04 Å². The molecule has 0 spiro atoms. The van der Waals surface area contributed by atoms with Crippen LogP contribution in [0.25, 0.3) is 0 Å². The molecule has 0 bridgehead atoms. The molecule has 0 aromatic carbocycles. The van der Waals surface area contributed by atoms with Crippen LogP contribution >= 0.6 is 0 Å². The fourth-order valence-electron chi connectivity index (χ4n) is 0.312. The van der Waals surface area contributed by atoms with Crippen molar-refractivity contribution in [3.63, 3.8) is 0 Å². The fourth-order valence-corrected chi connectivity index (χ4v) is 0.312. The Hall–Kier alpha value is -1.19. The Bertz CT molecular complexity index is 132. The molecule has 0 aliphatic carbocycles. The van der Waals surface area contributed by atoms with E-state index in [0.29, 0.717) is 0 Å². The van der Waals surface area contributed by atoms with Crippen molar-refractivity contribution in [1.82, 2.24) is 5.32 Å². The van der Waals surface area contributed by atoms with E-state index in [1.54, 1.807) is 0 Å². The summed E-state index contributed by atoms with van der Waals surface area (Å²) < 4.78 is 0. The Labute approximate surface area is 52.8 Å². The van der Waals surface area contributed by atoms with Crippen molar-refractivity contribution in [1.29, 1.82) is 0 Å². The zero-order valence-corrected chi connectivity index (χ0v) is 5.09. The maximum Gasteiger partial charge on any atom is 0.325 e. The van der Waals surface area contributed by atoms with Crippen molar-refractivity contribution in [3.8, 4) is 0 Å². The summed E-state index contributed by atoms with van der Waals surface area (Å²) in [5.41, 5.74) is 0. The molecule has 1 atom stereocenters. The molecule has 4 nitrogen and oxygen atoms in total. The van der Waals surface area contributed by atoms with Crippen LogP contribution in [0.15, 0.2) is 12.5 Å². The van der Waals surface area contributed by atoms with Crippen LogP contribution in [0, 0.1) is 0 Å². The second-order valence-electron chi connectivity index (χ2n) is 1.65. The normalized spacial score (nSPS) is 12.1. The Morgan fingerprint density at radius 2 is 2.11 bits per heavy atom. The third kappa shape index (κ3) is 3.40. The van der Waals surface area contributed by atoms with E-state index < -0.39 is 12.0 Å². The third-order valence-electron chi connectivity index (χ3n) is 0.754. The van der Waals surface area contributed by atoms with E-state index in [2.05, 4.69) is 11.9 Å². The molecule has 0 radical (unpaired) electrons. The van der Waals surface area contributed by atoms with E-state index in [4.69, 9.17) is 10.2 Å². The van der Waals surface area contributed by atoms with E-state index in [-0.39, 0.29) is 5.88 Å². The van der Waals surface area contributed by atoms with Gasteiger partial charge >= 0.3 is 5.97 Å². The highest BCUT2D eigenvalue weighted by atomic mass is 16.4. The van der Waals surface area contributed by atoms with Gasteiger partial charge in [-0.1, -0.05) is 0 Å². The molecule has 0 rings (SSSR count). The van der Waals surface area contributed by atoms with Crippen LogP contribution in [-0.2, 0) is 4.79 Å². The van der Waals surface area contributed by atoms with Gasteiger partial charge in [0, 0.05) is 0 Å². The number of carbonyl (C=O) groups is 1. The molecule has 0 saturated carbocycles. The van der Waals surface area contributed by atoms with Crippen molar-refractivity contribution >= 4 is 5.97 Å². The summed E-state index contributed by atoms with van der Waals surface area (Å²) in [4.78, 5) is 10.0. The average molecular weight is 131 g/mol. The van der Waals surface area contributed by atoms with Crippen LogP contribution in [0.1, 0.15) is 6.92 Å². The fraction of sp³-hybridized carbons (Fsp3) is 0.400. The first kappa shape index (κ1) is 7.81. The van der Waals surface area contributed by atoms with Gasteiger partial charge in [-0.25, -0.2) is 0 Å². The van der Waals surface area contributed by atoms with Crippen LogP contribution in [0.2, 0.25) is 0 Å². The standard InChI is InChI=1S/C5H9NO3/c1-3(5(8)9)6-4(2)7/h3,6-7H,2H2,1H3,(H,8,9)/t3-/m0/s1. The molecule has 0 aromatic heterocycles. The summed E-state index contributed by atoms with van der Waals surface area (Å²) in [7, 11) is 0. The molecule has 0 fully saturated rings. The maximum absolute atomic E-state index is 10.0. The van der Waals surface area contributed by atoms with Crippen LogP contribution in [0.4, 0.5) is 0 Å². The number of aliphatic hydroxyl groups is 1. The van der Waals surface area contributed by atoms with Gasteiger partial charge in [0.25, 0.3) is 0 Å². The van der Waals surface area contributed by atoms with Gasteiger partial charge in [-0.15, -0.1) is 0 Å². The minimum absolute atomic E-state index is 0.329. The molecular formula is C5H9NO3. The Morgan fingerprint density at radius 3 is 2.22 bits per heavy atom. The number of rotatable bonds is 3.